The Morgan fingerprint density at radius 3 is 2.56 bits per heavy atom. The molecule has 0 atom stereocenters. The predicted octanol–water partition coefficient (Wildman–Crippen LogP) is 3.49. The van der Waals surface area contributed by atoms with Crippen LogP contribution < -0.4 is 19.9 Å². The van der Waals surface area contributed by atoms with E-state index in [2.05, 4.69) is 4.72 Å². The van der Waals surface area contributed by atoms with E-state index in [0.29, 0.717) is 28.3 Å². The van der Waals surface area contributed by atoms with E-state index in [-0.39, 0.29) is 11.4 Å². The molecule has 1 aromatic heterocycles. The third kappa shape index (κ3) is 4.24. The molecule has 6 nitrogen and oxygen atoms in total. The number of rotatable bonds is 7. The number of nitrogen functional groups attached to an aromatic ring is 1. The molecule has 0 spiro atoms. The summed E-state index contributed by atoms with van der Waals surface area (Å²) in [6.07, 6.45) is 0. The van der Waals surface area contributed by atoms with Crippen molar-refractivity contribution in [1.29, 1.82) is 0 Å². The van der Waals surface area contributed by atoms with Crippen molar-refractivity contribution in [2.75, 3.05) is 20.0 Å². The number of hydrogen-bond donors (Lipinski definition) is 2. The number of sulfonamides is 1. The summed E-state index contributed by atoms with van der Waals surface area (Å²) in [6.45, 7) is 0.0768. The Balaban J connectivity index is 1.91. The molecule has 0 bridgehead atoms. The van der Waals surface area contributed by atoms with E-state index in [4.69, 9.17) is 15.2 Å². The van der Waals surface area contributed by atoms with Gasteiger partial charge in [-0.05, 0) is 40.6 Å². The number of ether oxygens (including phenoxy) is 2. The van der Waals surface area contributed by atoms with Crippen LogP contribution in [0.2, 0.25) is 0 Å². The Bertz CT molecular complexity index is 1030. The lowest BCUT2D eigenvalue weighted by molar-refractivity contribution is 0.390. The number of anilines is 1. The van der Waals surface area contributed by atoms with Crippen molar-refractivity contribution in [3.8, 4) is 22.6 Å². The monoisotopic (exact) mass is 404 g/mol. The standard InChI is InChI=1S/C19H20N2O4S2/c1-24-16-5-3-13(18(10-16)25-2)11-21-27(22,23)19-9-15(20)4-6-17(19)14-7-8-26-12-14/h3-10,12,21H,11,20H2,1-2H3. The molecule has 2 aromatic carbocycles. The summed E-state index contributed by atoms with van der Waals surface area (Å²) in [7, 11) is -0.705. The van der Waals surface area contributed by atoms with Gasteiger partial charge in [-0.1, -0.05) is 12.1 Å². The molecule has 0 saturated heterocycles. The molecule has 1 heterocycles. The highest BCUT2D eigenvalue weighted by Gasteiger charge is 2.20. The first-order chi connectivity index (χ1) is 12.9. The van der Waals surface area contributed by atoms with Gasteiger partial charge in [-0.15, -0.1) is 0 Å². The summed E-state index contributed by atoms with van der Waals surface area (Å²) in [5.74, 6) is 1.18. The minimum Gasteiger partial charge on any atom is -0.497 e. The van der Waals surface area contributed by atoms with Crippen LogP contribution in [0.4, 0.5) is 5.69 Å². The lowest BCUT2D eigenvalue weighted by Gasteiger charge is -2.14. The zero-order chi connectivity index (χ0) is 19.4. The van der Waals surface area contributed by atoms with Gasteiger partial charge in [-0.25, -0.2) is 13.1 Å². The van der Waals surface area contributed by atoms with Crippen LogP contribution in [-0.2, 0) is 16.6 Å². The number of methoxy groups -OCH3 is 2. The zero-order valence-electron chi connectivity index (χ0n) is 14.9. The number of benzene rings is 2. The fourth-order valence-electron chi connectivity index (χ4n) is 2.67. The van der Waals surface area contributed by atoms with Crippen LogP contribution >= 0.6 is 11.3 Å². The first kappa shape index (κ1) is 19.2. The Hall–Kier alpha value is -2.55. The van der Waals surface area contributed by atoms with Crippen LogP contribution in [0.15, 0.2) is 58.1 Å². The van der Waals surface area contributed by atoms with E-state index in [1.54, 1.807) is 37.4 Å². The van der Waals surface area contributed by atoms with Crippen LogP contribution in [0.1, 0.15) is 5.56 Å². The molecule has 0 unspecified atom stereocenters. The van der Waals surface area contributed by atoms with Gasteiger partial charge in [0.05, 0.1) is 19.1 Å². The third-order valence-electron chi connectivity index (χ3n) is 4.07. The van der Waals surface area contributed by atoms with Gasteiger partial charge in [0.2, 0.25) is 10.0 Å². The second-order valence-corrected chi connectivity index (χ2v) is 8.29. The van der Waals surface area contributed by atoms with Crippen molar-refractivity contribution in [3.63, 3.8) is 0 Å². The summed E-state index contributed by atoms with van der Waals surface area (Å²) in [6, 6.07) is 12.0. The fraction of sp³-hybridized carbons (Fsp3) is 0.158. The molecular weight excluding hydrogens is 384 g/mol. The maximum Gasteiger partial charge on any atom is 0.241 e. The highest BCUT2D eigenvalue weighted by atomic mass is 32.2. The van der Waals surface area contributed by atoms with Crippen LogP contribution in [0.3, 0.4) is 0 Å². The van der Waals surface area contributed by atoms with Crippen molar-refractivity contribution in [2.45, 2.75) is 11.4 Å². The molecular formula is C19H20N2O4S2. The Morgan fingerprint density at radius 2 is 1.89 bits per heavy atom. The molecule has 0 amide bonds. The number of nitrogens with one attached hydrogen (secondary N) is 1. The van der Waals surface area contributed by atoms with E-state index in [1.807, 2.05) is 16.8 Å². The zero-order valence-corrected chi connectivity index (χ0v) is 16.6. The van der Waals surface area contributed by atoms with Gasteiger partial charge in [-0.3, -0.25) is 0 Å². The first-order valence-electron chi connectivity index (χ1n) is 8.07. The Kier molecular flexibility index (Phi) is 5.69. The topological polar surface area (TPSA) is 90.7 Å². The minimum absolute atomic E-state index is 0.0768. The molecule has 8 heteroatoms. The molecule has 142 valence electrons. The van der Waals surface area contributed by atoms with E-state index < -0.39 is 10.0 Å². The lowest BCUT2D eigenvalue weighted by atomic mass is 10.1. The molecule has 0 aliphatic carbocycles. The van der Waals surface area contributed by atoms with Gasteiger partial charge in [0.1, 0.15) is 11.5 Å². The van der Waals surface area contributed by atoms with Crippen LogP contribution in [0, 0.1) is 0 Å². The molecule has 27 heavy (non-hydrogen) atoms. The molecule has 0 aliphatic rings. The highest BCUT2D eigenvalue weighted by molar-refractivity contribution is 7.89. The molecule has 0 fully saturated rings. The van der Waals surface area contributed by atoms with E-state index in [1.165, 1.54) is 24.5 Å². The maximum atomic E-state index is 13.0. The SMILES string of the molecule is COc1ccc(CNS(=O)(=O)c2cc(N)ccc2-c2ccsc2)c(OC)c1. The molecule has 0 aliphatic heterocycles. The Labute approximate surface area is 162 Å². The molecule has 3 N–H and O–H groups in total. The molecule has 3 aromatic rings. The normalized spacial score (nSPS) is 11.3. The maximum absolute atomic E-state index is 13.0. The molecule has 0 radical (unpaired) electrons. The smallest absolute Gasteiger partial charge is 0.241 e. The third-order valence-corrected chi connectivity index (χ3v) is 6.20. The fourth-order valence-corrected chi connectivity index (χ4v) is 4.59. The molecule has 0 saturated carbocycles. The average molecular weight is 405 g/mol. The summed E-state index contributed by atoms with van der Waals surface area (Å²) in [4.78, 5) is 0.147. The van der Waals surface area contributed by atoms with Crippen LogP contribution in [0.5, 0.6) is 11.5 Å². The highest BCUT2D eigenvalue weighted by Crippen LogP contribution is 2.31. The van der Waals surface area contributed by atoms with E-state index >= 15 is 0 Å². The Morgan fingerprint density at radius 1 is 1.07 bits per heavy atom. The first-order valence-corrected chi connectivity index (χ1v) is 10.5. The van der Waals surface area contributed by atoms with E-state index in [9.17, 15) is 8.42 Å². The second kappa shape index (κ2) is 7.99. The summed E-state index contributed by atoms with van der Waals surface area (Å²) in [5.41, 5.74) is 8.37. The summed E-state index contributed by atoms with van der Waals surface area (Å²) < 4.78 is 39.1. The van der Waals surface area contributed by atoms with Gasteiger partial charge >= 0.3 is 0 Å². The largest absolute Gasteiger partial charge is 0.497 e. The minimum atomic E-state index is -3.79. The van der Waals surface area contributed by atoms with Crippen molar-refractivity contribution < 1.29 is 17.9 Å². The quantitative estimate of drug-likeness (QED) is 0.588. The number of thiophene rings is 1. The van der Waals surface area contributed by atoms with E-state index in [0.717, 1.165) is 5.56 Å². The van der Waals surface area contributed by atoms with Crippen LogP contribution in [-0.4, -0.2) is 22.6 Å². The van der Waals surface area contributed by atoms with Crippen LogP contribution in [0.25, 0.3) is 11.1 Å². The summed E-state index contributed by atoms with van der Waals surface area (Å²) >= 11 is 1.50. The lowest BCUT2D eigenvalue weighted by Crippen LogP contribution is -2.24. The van der Waals surface area contributed by atoms with Crippen molar-refractivity contribution in [2.24, 2.45) is 0 Å². The number of nitrogens with two attached hydrogens (primary N) is 1. The van der Waals surface area contributed by atoms with Gasteiger partial charge < -0.3 is 15.2 Å². The van der Waals surface area contributed by atoms with Gasteiger partial charge in [0.15, 0.2) is 0 Å². The van der Waals surface area contributed by atoms with Crippen molar-refractivity contribution >= 4 is 27.0 Å². The van der Waals surface area contributed by atoms with Crippen molar-refractivity contribution in [3.05, 3.63) is 58.8 Å². The van der Waals surface area contributed by atoms with Crippen molar-refractivity contribution in [1.82, 2.24) is 4.72 Å². The average Bonchev–Trinajstić information content (AvgIpc) is 3.20. The summed E-state index contributed by atoms with van der Waals surface area (Å²) in [5, 5.41) is 3.80. The number of hydrogen-bond acceptors (Lipinski definition) is 6. The molecule has 3 rings (SSSR count). The predicted molar refractivity (Wildman–Crippen MR) is 108 cm³/mol. The van der Waals surface area contributed by atoms with Gasteiger partial charge in [0.25, 0.3) is 0 Å². The second-order valence-electron chi connectivity index (χ2n) is 5.77. The van der Waals surface area contributed by atoms with Gasteiger partial charge in [0, 0.05) is 29.4 Å². The van der Waals surface area contributed by atoms with Gasteiger partial charge in [-0.2, -0.15) is 11.3 Å².